The minimum atomic E-state index is -3.24. The van der Waals surface area contributed by atoms with Gasteiger partial charge in [0.25, 0.3) is 0 Å². The van der Waals surface area contributed by atoms with Crippen LogP contribution in [0.5, 0.6) is 0 Å². The van der Waals surface area contributed by atoms with Crippen molar-refractivity contribution in [2.75, 3.05) is 13.2 Å². The SMILES string of the molecule is CCC(CC)N(CCO)S(=O)(=O)C1CCCCC1. The molecule has 18 heavy (non-hydrogen) atoms. The second-order valence-corrected chi connectivity index (χ2v) is 7.28. The molecule has 0 atom stereocenters. The molecule has 108 valence electrons. The molecule has 0 radical (unpaired) electrons. The van der Waals surface area contributed by atoms with E-state index in [-0.39, 0.29) is 24.4 Å². The van der Waals surface area contributed by atoms with Crippen LogP contribution in [-0.2, 0) is 10.0 Å². The minimum absolute atomic E-state index is 0.0316. The molecule has 0 aromatic rings. The molecule has 0 bridgehead atoms. The Balaban J connectivity index is 2.87. The Morgan fingerprint density at radius 2 is 1.72 bits per heavy atom. The molecule has 0 amide bonds. The topological polar surface area (TPSA) is 57.6 Å². The quantitative estimate of drug-likeness (QED) is 0.775. The lowest BCUT2D eigenvalue weighted by molar-refractivity contribution is 0.217. The molecule has 5 heteroatoms. The van der Waals surface area contributed by atoms with Crippen LogP contribution in [0.25, 0.3) is 0 Å². The fourth-order valence-corrected chi connectivity index (χ4v) is 5.23. The average Bonchev–Trinajstić information content (AvgIpc) is 2.40. The first-order chi connectivity index (χ1) is 8.57. The maximum Gasteiger partial charge on any atom is 0.217 e. The molecule has 4 nitrogen and oxygen atoms in total. The van der Waals surface area contributed by atoms with E-state index in [0.717, 1.165) is 44.9 Å². The molecule has 1 rings (SSSR count). The predicted octanol–water partition coefficient (Wildman–Crippen LogP) is 2.13. The van der Waals surface area contributed by atoms with E-state index in [1.165, 1.54) is 0 Å². The summed E-state index contributed by atoms with van der Waals surface area (Å²) in [5.74, 6) is 0. The van der Waals surface area contributed by atoms with Gasteiger partial charge in [-0.3, -0.25) is 0 Å². The van der Waals surface area contributed by atoms with Crippen LogP contribution < -0.4 is 0 Å². The molecule has 0 heterocycles. The average molecular weight is 277 g/mol. The number of hydrogen-bond donors (Lipinski definition) is 1. The number of nitrogens with zero attached hydrogens (tertiary/aromatic N) is 1. The Kier molecular flexibility index (Phi) is 6.60. The second kappa shape index (κ2) is 7.46. The summed E-state index contributed by atoms with van der Waals surface area (Å²) in [4.78, 5) is 0. The molecule has 1 N–H and O–H groups in total. The second-order valence-electron chi connectivity index (χ2n) is 5.11. The number of hydrogen-bond acceptors (Lipinski definition) is 3. The maximum atomic E-state index is 12.6. The predicted molar refractivity (Wildman–Crippen MR) is 74.0 cm³/mol. The van der Waals surface area contributed by atoms with Crippen LogP contribution >= 0.6 is 0 Å². The summed E-state index contributed by atoms with van der Waals surface area (Å²) in [5.41, 5.74) is 0. The fourth-order valence-electron chi connectivity index (χ4n) is 2.87. The van der Waals surface area contributed by atoms with Gasteiger partial charge in [-0.2, -0.15) is 4.31 Å². The molecule has 1 saturated carbocycles. The highest BCUT2D eigenvalue weighted by atomic mass is 32.2. The molecule has 1 fully saturated rings. The number of aliphatic hydroxyl groups is 1. The zero-order valence-electron chi connectivity index (χ0n) is 11.6. The van der Waals surface area contributed by atoms with Gasteiger partial charge in [-0.25, -0.2) is 8.42 Å². The molecule has 0 aromatic heterocycles. The normalized spacial score (nSPS) is 18.7. The van der Waals surface area contributed by atoms with E-state index in [4.69, 9.17) is 5.11 Å². The zero-order valence-corrected chi connectivity index (χ0v) is 12.5. The van der Waals surface area contributed by atoms with E-state index >= 15 is 0 Å². The van der Waals surface area contributed by atoms with Crippen molar-refractivity contribution in [3.05, 3.63) is 0 Å². The standard InChI is InChI=1S/C13H27NO3S/c1-3-12(4-2)14(10-11-15)18(16,17)13-8-6-5-7-9-13/h12-13,15H,3-11H2,1-2H3. The Morgan fingerprint density at radius 3 is 2.17 bits per heavy atom. The van der Waals surface area contributed by atoms with Crippen molar-refractivity contribution in [1.29, 1.82) is 0 Å². The van der Waals surface area contributed by atoms with Crippen molar-refractivity contribution in [1.82, 2.24) is 4.31 Å². The molecule has 1 aliphatic rings. The van der Waals surface area contributed by atoms with Gasteiger partial charge in [0, 0.05) is 12.6 Å². The minimum Gasteiger partial charge on any atom is -0.395 e. The van der Waals surface area contributed by atoms with Gasteiger partial charge in [-0.1, -0.05) is 33.1 Å². The highest BCUT2D eigenvalue weighted by Crippen LogP contribution is 2.28. The lowest BCUT2D eigenvalue weighted by atomic mass is 10.0. The van der Waals surface area contributed by atoms with Gasteiger partial charge < -0.3 is 5.11 Å². The Hall–Kier alpha value is -0.130. The smallest absolute Gasteiger partial charge is 0.217 e. The monoisotopic (exact) mass is 277 g/mol. The van der Waals surface area contributed by atoms with Gasteiger partial charge in [0.15, 0.2) is 0 Å². The third kappa shape index (κ3) is 3.68. The Bertz CT molecular complexity index is 319. The first-order valence-electron chi connectivity index (χ1n) is 7.19. The van der Waals surface area contributed by atoms with E-state index in [1.807, 2.05) is 13.8 Å². The molecule has 0 unspecified atom stereocenters. The van der Waals surface area contributed by atoms with E-state index in [2.05, 4.69) is 0 Å². The molecule has 0 saturated heterocycles. The molecule has 0 aliphatic heterocycles. The van der Waals surface area contributed by atoms with Crippen LogP contribution in [0.3, 0.4) is 0 Å². The molecular formula is C13H27NO3S. The molecule has 0 spiro atoms. The third-order valence-corrected chi connectivity index (χ3v) is 6.42. The first-order valence-corrected chi connectivity index (χ1v) is 8.69. The third-order valence-electron chi connectivity index (χ3n) is 3.97. The molecule has 1 aliphatic carbocycles. The van der Waals surface area contributed by atoms with Crippen LogP contribution in [0.2, 0.25) is 0 Å². The molecular weight excluding hydrogens is 250 g/mol. The van der Waals surface area contributed by atoms with Gasteiger partial charge >= 0.3 is 0 Å². The van der Waals surface area contributed by atoms with Gasteiger partial charge in [0.2, 0.25) is 10.0 Å². The fraction of sp³-hybridized carbons (Fsp3) is 1.00. The van der Waals surface area contributed by atoms with Crippen molar-refractivity contribution in [2.24, 2.45) is 0 Å². The van der Waals surface area contributed by atoms with Crippen molar-refractivity contribution in [3.63, 3.8) is 0 Å². The van der Waals surface area contributed by atoms with Crippen LogP contribution in [0, 0.1) is 0 Å². The number of sulfonamides is 1. The number of aliphatic hydroxyl groups excluding tert-OH is 1. The summed E-state index contributed by atoms with van der Waals surface area (Å²) >= 11 is 0. The van der Waals surface area contributed by atoms with Crippen LogP contribution in [-0.4, -0.2) is 42.3 Å². The first kappa shape index (κ1) is 15.9. The summed E-state index contributed by atoms with van der Waals surface area (Å²) in [6, 6.07) is 0.0316. The van der Waals surface area contributed by atoms with Crippen molar-refractivity contribution in [3.8, 4) is 0 Å². The van der Waals surface area contributed by atoms with Crippen LogP contribution in [0.4, 0.5) is 0 Å². The van der Waals surface area contributed by atoms with Crippen LogP contribution in [0.1, 0.15) is 58.8 Å². The number of rotatable bonds is 7. The Morgan fingerprint density at radius 1 is 1.17 bits per heavy atom. The highest BCUT2D eigenvalue weighted by Gasteiger charge is 2.35. The zero-order chi connectivity index (χ0) is 13.6. The van der Waals surface area contributed by atoms with Crippen LogP contribution in [0.15, 0.2) is 0 Å². The summed E-state index contributed by atoms with van der Waals surface area (Å²) in [5, 5.41) is 8.91. The summed E-state index contributed by atoms with van der Waals surface area (Å²) in [6.07, 6.45) is 6.36. The van der Waals surface area contributed by atoms with E-state index in [0.29, 0.717) is 0 Å². The van der Waals surface area contributed by atoms with Gasteiger partial charge in [-0.05, 0) is 25.7 Å². The van der Waals surface area contributed by atoms with Gasteiger partial charge in [-0.15, -0.1) is 0 Å². The van der Waals surface area contributed by atoms with E-state index < -0.39 is 10.0 Å². The van der Waals surface area contributed by atoms with Gasteiger partial charge in [0.1, 0.15) is 0 Å². The van der Waals surface area contributed by atoms with Crippen molar-refractivity contribution in [2.45, 2.75) is 70.1 Å². The summed E-state index contributed by atoms with van der Waals surface area (Å²) < 4.78 is 26.9. The lowest BCUT2D eigenvalue weighted by Crippen LogP contribution is -2.46. The summed E-state index contributed by atoms with van der Waals surface area (Å²) in [7, 11) is -3.24. The van der Waals surface area contributed by atoms with Crippen molar-refractivity contribution >= 4 is 10.0 Å². The largest absolute Gasteiger partial charge is 0.395 e. The van der Waals surface area contributed by atoms with E-state index in [9.17, 15) is 8.42 Å². The summed E-state index contributed by atoms with van der Waals surface area (Å²) in [6.45, 7) is 4.16. The lowest BCUT2D eigenvalue weighted by Gasteiger charge is -2.34. The Labute approximate surface area is 111 Å². The maximum absolute atomic E-state index is 12.6. The molecule has 0 aromatic carbocycles. The van der Waals surface area contributed by atoms with Crippen molar-refractivity contribution < 1.29 is 13.5 Å². The van der Waals surface area contributed by atoms with Gasteiger partial charge in [0.05, 0.1) is 11.9 Å². The highest BCUT2D eigenvalue weighted by molar-refractivity contribution is 7.89. The van der Waals surface area contributed by atoms with E-state index in [1.54, 1.807) is 4.31 Å².